The minimum atomic E-state index is -0.573. The van der Waals surface area contributed by atoms with Gasteiger partial charge < -0.3 is 16.0 Å². The molecule has 0 spiro atoms. The minimum absolute atomic E-state index is 0.278. The van der Waals surface area contributed by atoms with Crippen LogP contribution in [-0.4, -0.2) is 50.5 Å². The lowest BCUT2D eigenvalue weighted by Gasteiger charge is -2.23. The van der Waals surface area contributed by atoms with Crippen LogP contribution in [0, 0.1) is 5.92 Å². The quantitative estimate of drug-likeness (QED) is 0.470. The Labute approximate surface area is 212 Å². The minimum Gasteiger partial charge on any atom is -0.368 e. The largest absolute Gasteiger partial charge is 0.368 e. The highest BCUT2D eigenvalue weighted by Gasteiger charge is 2.23. The zero-order chi connectivity index (χ0) is 25.0. The van der Waals surface area contributed by atoms with Gasteiger partial charge in [-0.2, -0.15) is 0 Å². The zero-order valence-corrected chi connectivity index (χ0v) is 21.3. The Bertz CT molecular complexity index is 932. The molecule has 35 heavy (non-hydrogen) atoms. The molecule has 2 aliphatic rings. The second-order valence-electron chi connectivity index (χ2n) is 9.35. The monoisotopic (exact) mass is 499 g/mol. The van der Waals surface area contributed by atoms with E-state index in [2.05, 4.69) is 26.5 Å². The first kappa shape index (κ1) is 26.9. The van der Waals surface area contributed by atoms with Crippen molar-refractivity contribution in [3.8, 4) is 0 Å². The Morgan fingerprint density at radius 1 is 1.20 bits per heavy atom. The highest BCUT2D eigenvalue weighted by molar-refractivity contribution is 7.97. The third-order valence-electron chi connectivity index (χ3n) is 6.58. The number of hydrogen-bond donors (Lipinski definition) is 3. The van der Waals surface area contributed by atoms with Crippen molar-refractivity contribution < 1.29 is 14.4 Å². The Hall–Kier alpha value is -2.65. The number of carbonyl (C=O) groups is 3. The second kappa shape index (κ2) is 14.0. The highest BCUT2D eigenvalue weighted by Crippen LogP contribution is 2.29. The van der Waals surface area contributed by atoms with E-state index in [0.717, 1.165) is 30.7 Å². The van der Waals surface area contributed by atoms with Gasteiger partial charge >= 0.3 is 0 Å². The first-order chi connectivity index (χ1) is 16.9. The van der Waals surface area contributed by atoms with Crippen LogP contribution in [0.25, 0.3) is 0 Å². The van der Waals surface area contributed by atoms with E-state index in [1.165, 1.54) is 25.7 Å². The number of hydrogen-bond acceptors (Lipinski definition) is 6. The van der Waals surface area contributed by atoms with Crippen molar-refractivity contribution >= 4 is 29.5 Å². The lowest BCUT2D eigenvalue weighted by Crippen LogP contribution is -2.44. The lowest BCUT2D eigenvalue weighted by molar-refractivity contribution is -0.120. The van der Waals surface area contributed by atoms with Crippen molar-refractivity contribution in [2.75, 3.05) is 6.54 Å². The summed E-state index contributed by atoms with van der Waals surface area (Å²) >= 11 is 1.59. The molecule has 0 aromatic carbocycles. The molecule has 190 valence electrons. The van der Waals surface area contributed by atoms with Crippen molar-refractivity contribution in [1.29, 1.82) is 0 Å². The number of Topliss-reactive ketones (excluding diaryl/α,β-unsaturated/α-hetero) is 1. The highest BCUT2D eigenvalue weighted by atomic mass is 32.2. The number of pyridine rings is 1. The van der Waals surface area contributed by atoms with Crippen LogP contribution in [0.5, 0.6) is 0 Å². The van der Waals surface area contributed by atoms with Gasteiger partial charge in [-0.3, -0.25) is 14.4 Å². The molecule has 1 aliphatic heterocycles. The van der Waals surface area contributed by atoms with Crippen molar-refractivity contribution in [3.05, 3.63) is 48.4 Å². The first-order valence-corrected chi connectivity index (χ1v) is 13.3. The van der Waals surface area contributed by atoms with Gasteiger partial charge in [-0.15, -0.1) is 0 Å². The Morgan fingerprint density at radius 3 is 2.66 bits per heavy atom. The standard InChI is InChI=1S/C14H21N3O2.C12H16N2OS/c15-13(18)11(8-7-10-4-1-2-5-10)17-14(19)12-6-3-9-16-12;1-10-5-4-6-11(15)9-14(10)16-12-7-2-3-8-13-12/h3,6,9-11,16H,1-2,4-5,7-8H2,(H2,15,18)(H,17,19);2-3,7-8,10H,4-6,9H2,1H3/t;10-/m.1/s1. The van der Waals surface area contributed by atoms with Crippen LogP contribution in [-0.2, 0) is 9.59 Å². The van der Waals surface area contributed by atoms with Gasteiger partial charge in [-0.05, 0) is 74.7 Å². The molecule has 1 aliphatic carbocycles. The number of H-pyrrole nitrogens is 1. The molecule has 2 aromatic heterocycles. The summed E-state index contributed by atoms with van der Waals surface area (Å²) in [4.78, 5) is 41.9. The molecule has 1 saturated carbocycles. The van der Waals surface area contributed by atoms with Crippen LogP contribution < -0.4 is 11.1 Å². The number of amides is 2. The average molecular weight is 500 g/mol. The van der Waals surface area contributed by atoms with Gasteiger partial charge in [0.15, 0.2) is 0 Å². The molecular weight excluding hydrogens is 462 g/mol. The van der Waals surface area contributed by atoms with E-state index in [0.29, 0.717) is 36.4 Å². The summed E-state index contributed by atoms with van der Waals surface area (Å²) in [5, 5.41) is 3.66. The number of nitrogens with two attached hydrogens (primary N) is 1. The molecule has 0 radical (unpaired) electrons. The first-order valence-electron chi connectivity index (χ1n) is 12.5. The summed E-state index contributed by atoms with van der Waals surface area (Å²) in [6.07, 6.45) is 12.9. The summed E-state index contributed by atoms with van der Waals surface area (Å²) < 4.78 is 2.15. The maximum atomic E-state index is 11.9. The van der Waals surface area contributed by atoms with Gasteiger partial charge in [0, 0.05) is 24.9 Å². The predicted octanol–water partition coefficient (Wildman–Crippen LogP) is 4.10. The lowest BCUT2D eigenvalue weighted by atomic mass is 9.98. The van der Waals surface area contributed by atoms with Crippen LogP contribution in [0.1, 0.15) is 75.2 Å². The van der Waals surface area contributed by atoms with Crippen molar-refractivity contribution in [2.45, 2.75) is 81.8 Å². The third kappa shape index (κ3) is 9.14. The number of ketones is 1. The number of carbonyl (C=O) groups excluding carboxylic acids is 3. The Kier molecular flexibility index (Phi) is 10.8. The summed E-state index contributed by atoms with van der Waals surface area (Å²) in [7, 11) is 0. The van der Waals surface area contributed by atoms with Gasteiger partial charge in [0.05, 0.1) is 6.54 Å². The van der Waals surface area contributed by atoms with E-state index < -0.39 is 11.9 Å². The van der Waals surface area contributed by atoms with E-state index in [4.69, 9.17) is 5.73 Å². The summed E-state index contributed by atoms with van der Waals surface area (Å²) in [6.45, 7) is 2.72. The molecule has 3 heterocycles. The topological polar surface area (TPSA) is 121 Å². The van der Waals surface area contributed by atoms with Crippen molar-refractivity contribution in [2.24, 2.45) is 11.7 Å². The second-order valence-corrected chi connectivity index (χ2v) is 10.4. The third-order valence-corrected chi connectivity index (χ3v) is 7.73. The van der Waals surface area contributed by atoms with Gasteiger partial charge in [-0.1, -0.05) is 31.7 Å². The fraction of sp³-hybridized carbons (Fsp3) is 0.538. The van der Waals surface area contributed by atoms with E-state index >= 15 is 0 Å². The number of aromatic nitrogens is 2. The maximum Gasteiger partial charge on any atom is 0.268 e. The molecular formula is C26H37N5O3S. The van der Waals surface area contributed by atoms with Crippen LogP contribution in [0.2, 0.25) is 0 Å². The van der Waals surface area contributed by atoms with Gasteiger partial charge in [0.25, 0.3) is 5.91 Å². The molecule has 4 rings (SSSR count). The molecule has 4 N–H and O–H groups in total. The van der Waals surface area contributed by atoms with Crippen molar-refractivity contribution in [3.63, 3.8) is 0 Å². The molecule has 9 heteroatoms. The number of primary amides is 1. The molecule has 2 aromatic rings. The van der Waals surface area contributed by atoms with Crippen LogP contribution in [0.4, 0.5) is 0 Å². The maximum absolute atomic E-state index is 11.9. The Balaban J connectivity index is 0.000000198. The van der Waals surface area contributed by atoms with E-state index in [1.807, 2.05) is 18.2 Å². The van der Waals surface area contributed by atoms with Gasteiger partial charge in [0.2, 0.25) is 5.91 Å². The van der Waals surface area contributed by atoms with Crippen LogP contribution in [0.3, 0.4) is 0 Å². The molecule has 1 saturated heterocycles. The predicted molar refractivity (Wildman–Crippen MR) is 138 cm³/mol. The van der Waals surface area contributed by atoms with E-state index in [1.54, 1.807) is 36.5 Å². The normalized spacial score (nSPS) is 19.9. The number of nitrogens with zero attached hydrogens (tertiary/aromatic N) is 2. The molecule has 8 nitrogen and oxygen atoms in total. The van der Waals surface area contributed by atoms with Gasteiger partial charge in [0.1, 0.15) is 22.5 Å². The molecule has 0 bridgehead atoms. The van der Waals surface area contributed by atoms with Crippen molar-refractivity contribution in [1.82, 2.24) is 19.6 Å². The smallest absolute Gasteiger partial charge is 0.268 e. The number of aromatic amines is 1. The molecule has 2 amide bonds. The summed E-state index contributed by atoms with van der Waals surface area (Å²) in [5.41, 5.74) is 5.81. The fourth-order valence-corrected chi connectivity index (χ4v) is 5.47. The Morgan fingerprint density at radius 2 is 2.00 bits per heavy atom. The van der Waals surface area contributed by atoms with Crippen LogP contribution >= 0.6 is 11.9 Å². The molecule has 1 unspecified atom stereocenters. The van der Waals surface area contributed by atoms with E-state index in [9.17, 15) is 14.4 Å². The van der Waals surface area contributed by atoms with E-state index in [-0.39, 0.29) is 5.91 Å². The summed E-state index contributed by atoms with van der Waals surface area (Å²) in [5.74, 6) is 0.287. The van der Waals surface area contributed by atoms with Crippen LogP contribution in [0.15, 0.2) is 47.8 Å². The fourth-order valence-electron chi connectivity index (χ4n) is 4.49. The average Bonchev–Trinajstić information content (AvgIpc) is 3.54. The SMILES string of the molecule is C[C@@H]1CCCC(=O)CN1Sc1ccccn1.NC(=O)C(CCC1CCCC1)NC(=O)c1ccc[nH]1. The molecule has 2 fully saturated rings. The number of nitrogens with one attached hydrogen (secondary N) is 2. The molecule has 2 atom stereocenters. The van der Waals surface area contributed by atoms with Gasteiger partial charge in [-0.25, -0.2) is 9.29 Å². The summed E-state index contributed by atoms with van der Waals surface area (Å²) in [6, 6.07) is 9.14. The zero-order valence-electron chi connectivity index (χ0n) is 20.4. The number of rotatable bonds is 8.